The summed E-state index contributed by atoms with van der Waals surface area (Å²) in [4.78, 5) is 92.6. The number of terminal acetylenes is 1. The van der Waals surface area contributed by atoms with Gasteiger partial charge in [0.15, 0.2) is 5.43 Å². The molecule has 0 bridgehead atoms. The van der Waals surface area contributed by atoms with Crippen LogP contribution in [0, 0.1) is 35.0 Å². The Hall–Kier alpha value is -15.0. The molecule has 0 amide bonds. The molecule has 0 saturated carbocycles. The standard InChI is InChI=1S/C16H12N2O2.C13H6BrN3O2.C13H7N3O2.C13H10N2O.C13H9NO2.C12H8N2O2/c1-3-9-5-6-13-11(7-9)14(19)12-8-10(4-2)15(17)18-16(12)20-13;14-7-1-2-10-8(4-7)11(18)9-3-6(5-15)12(16)17-13(9)19-10;14-6-7-5-9-11(17)8-3-1-2-4-10(8)18-13(9)16-12(7)15;14-8-5-6-10-12(7-8)15-11-4-2-1-3-9(11)13(10)16;14-8-5-6-12-10(7-8)13(15)9-3-1-2-4-11(9)16-12;13-7-3-4-10-9(6-7)11(15)8-2-1-5-14-12(8)16-10/h2,5-8H,3H2,1H3,(H2,17,18);1-4H,(H2,16,17);1-5H,(H2,15,16);1-7H,14H2,(H,15,16);1-7H,14H2;1-6H,13H2. The number of nitrogens with two attached hydrogens (primary N) is 6. The molecule has 13 N–H and O–H groups in total. The number of rotatable bonds is 1. The molecule has 0 aliphatic heterocycles. The summed E-state index contributed by atoms with van der Waals surface area (Å²) in [7, 11) is 0. The van der Waals surface area contributed by atoms with Crippen molar-refractivity contribution in [3.63, 3.8) is 0 Å². The SMILES string of the molecule is C#Cc1cc2c(=O)c3cc(CC)ccc3oc2nc1N.N#Cc1cc2c(=O)c3cc(Br)ccc3oc2nc1N.N#Cc1cc2c(=O)c3ccccc3oc2nc1N.Nc1ccc2c(=O)c3ccccc3[nH]c2c1.Nc1ccc2oc3ccccc3c(=O)c2c1.Nc1ccc2oc3ncccc3c(=O)c2c1. The first-order chi connectivity index (χ1) is 50.7. The van der Waals surface area contributed by atoms with Gasteiger partial charge in [0, 0.05) is 44.0 Å². The number of nitriles is 2. The van der Waals surface area contributed by atoms with E-state index in [0.717, 1.165) is 27.5 Å². The fourth-order valence-electron chi connectivity index (χ4n) is 11.3. The topological polar surface area (TPSA) is 439 Å². The molecule has 0 unspecified atom stereocenters. The van der Waals surface area contributed by atoms with Gasteiger partial charge in [0.05, 0.1) is 76.1 Å². The van der Waals surface area contributed by atoms with Crippen molar-refractivity contribution in [2.75, 3.05) is 34.4 Å². The number of halogens is 1. The maximum Gasteiger partial charge on any atom is 0.232 e. The van der Waals surface area contributed by atoms with Crippen molar-refractivity contribution in [3.8, 4) is 24.5 Å². The molecule has 8 aromatic carbocycles. The van der Waals surface area contributed by atoms with Crippen LogP contribution in [-0.2, 0) is 6.42 Å². The summed E-state index contributed by atoms with van der Waals surface area (Å²) in [6, 6.07) is 59.1. The van der Waals surface area contributed by atoms with Crippen molar-refractivity contribution in [2.45, 2.75) is 13.3 Å². The summed E-state index contributed by atoms with van der Waals surface area (Å²) < 4.78 is 28.6. The minimum Gasteiger partial charge on any atom is -0.456 e. The summed E-state index contributed by atoms with van der Waals surface area (Å²) in [6.07, 6.45) is 7.79. The molecule has 510 valence electrons. The van der Waals surface area contributed by atoms with Crippen LogP contribution in [0.4, 0.5) is 34.5 Å². The first-order valence-corrected chi connectivity index (χ1v) is 32.5. The predicted octanol–water partition coefficient (Wildman–Crippen LogP) is 13.5. The Morgan fingerprint density at radius 2 is 0.771 bits per heavy atom. The quantitative estimate of drug-likeness (QED) is 0.0456. The summed E-state index contributed by atoms with van der Waals surface area (Å²) >= 11 is 3.30. The highest BCUT2D eigenvalue weighted by Gasteiger charge is 2.17. The summed E-state index contributed by atoms with van der Waals surface area (Å²) in [5, 5.41) is 23.5. The lowest BCUT2D eigenvalue weighted by molar-refractivity contribution is 0.644. The molecule has 10 heterocycles. The van der Waals surface area contributed by atoms with Crippen LogP contribution in [0.5, 0.6) is 0 Å². The van der Waals surface area contributed by atoms with Crippen LogP contribution in [0.25, 0.3) is 132 Å². The number of fused-ring (bicyclic) bond motifs is 12. The molecule has 18 rings (SSSR count). The van der Waals surface area contributed by atoms with Crippen LogP contribution in [0.2, 0.25) is 0 Å². The minimum atomic E-state index is -0.235. The van der Waals surface area contributed by atoms with Crippen LogP contribution in [0.1, 0.15) is 29.2 Å². The molecule has 18 aromatic rings. The van der Waals surface area contributed by atoms with Gasteiger partial charge < -0.3 is 61.5 Å². The number of anilines is 6. The molecule has 10 aromatic heterocycles. The van der Waals surface area contributed by atoms with Gasteiger partial charge in [0.2, 0.25) is 50.0 Å². The second-order valence-corrected chi connectivity index (χ2v) is 24.3. The molecule has 0 fully saturated rings. The van der Waals surface area contributed by atoms with E-state index in [0.29, 0.717) is 116 Å². The Labute approximate surface area is 597 Å². The van der Waals surface area contributed by atoms with Gasteiger partial charge in [-0.15, -0.1) is 6.42 Å². The number of nitrogens with one attached hydrogen (secondary N) is 1. The number of H-pyrrole nitrogens is 1. The van der Waals surface area contributed by atoms with Gasteiger partial charge in [-0.2, -0.15) is 25.5 Å². The molecule has 0 saturated heterocycles. The lowest BCUT2D eigenvalue weighted by Crippen LogP contribution is -2.06. The molecular formula is C80H52BrN13O11. The Morgan fingerprint density at radius 3 is 1.33 bits per heavy atom. The third-order valence-corrected chi connectivity index (χ3v) is 17.1. The molecule has 0 radical (unpaired) electrons. The van der Waals surface area contributed by atoms with Crippen molar-refractivity contribution in [1.29, 1.82) is 10.5 Å². The highest BCUT2D eigenvalue weighted by molar-refractivity contribution is 9.10. The lowest BCUT2D eigenvalue weighted by atomic mass is 10.1. The van der Waals surface area contributed by atoms with Crippen LogP contribution in [0.15, 0.2) is 256 Å². The molecule has 25 heteroatoms. The van der Waals surface area contributed by atoms with E-state index in [1.807, 2.05) is 67.6 Å². The Morgan fingerprint density at radius 1 is 0.381 bits per heavy atom. The Bertz CT molecular complexity index is 7040. The maximum atomic E-state index is 12.5. The molecule has 0 aliphatic rings. The van der Waals surface area contributed by atoms with Crippen molar-refractivity contribution >= 4 is 182 Å². The summed E-state index contributed by atoms with van der Waals surface area (Å²) in [6.45, 7) is 2.03. The van der Waals surface area contributed by atoms with E-state index in [2.05, 4.69) is 46.8 Å². The monoisotopic (exact) mass is 1450 g/mol. The number of hydrogen-bond donors (Lipinski definition) is 7. The largest absolute Gasteiger partial charge is 0.456 e. The molecule has 0 atom stereocenters. The smallest absolute Gasteiger partial charge is 0.232 e. The molecule has 105 heavy (non-hydrogen) atoms. The van der Waals surface area contributed by atoms with Gasteiger partial charge in [0.1, 0.15) is 63.1 Å². The van der Waals surface area contributed by atoms with E-state index < -0.39 is 0 Å². The lowest BCUT2D eigenvalue weighted by Gasteiger charge is -2.04. The number of hydrogen-bond acceptors (Lipinski definition) is 23. The number of nitrogen functional groups attached to an aromatic ring is 6. The zero-order valence-electron chi connectivity index (χ0n) is 54.9. The summed E-state index contributed by atoms with van der Waals surface area (Å²) in [5.41, 5.74) is 42.3. The van der Waals surface area contributed by atoms with Crippen LogP contribution in [-0.4, -0.2) is 24.9 Å². The first kappa shape index (κ1) is 68.5. The zero-order chi connectivity index (χ0) is 73.9. The molecule has 24 nitrogen and oxygen atoms in total. The first-order valence-electron chi connectivity index (χ1n) is 31.7. The normalized spacial score (nSPS) is 10.8. The van der Waals surface area contributed by atoms with Gasteiger partial charge in [-0.1, -0.05) is 71.2 Å². The molecule has 0 spiro atoms. The van der Waals surface area contributed by atoms with Gasteiger partial charge in [0.25, 0.3) is 0 Å². The second kappa shape index (κ2) is 28.7. The maximum absolute atomic E-state index is 12.5. The van der Waals surface area contributed by atoms with Gasteiger partial charge >= 0.3 is 0 Å². The zero-order valence-corrected chi connectivity index (χ0v) is 56.4. The number of pyridine rings is 5. The molecular weight excluding hydrogens is 1400 g/mol. The minimum absolute atomic E-state index is 0.0378. The summed E-state index contributed by atoms with van der Waals surface area (Å²) in [5.74, 6) is 2.71. The Kier molecular flexibility index (Phi) is 18.7. The van der Waals surface area contributed by atoms with Gasteiger partial charge in [-0.05, 0) is 164 Å². The fraction of sp³-hybridized carbons (Fsp3) is 0.0250. The van der Waals surface area contributed by atoms with E-state index in [4.69, 9.17) is 73.4 Å². The van der Waals surface area contributed by atoms with Gasteiger partial charge in [-0.3, -0.25) is 28.8 Å². The third-order valence-electron chi connectivity index (χ3n) is 16.6. The van der Waals surface area contributed by atoms with Gasteiger partial charge in [-0.25, -0.2) is 4.98 Å². The Balaban J connectivity index is 0.000000112. The number of aromatic amines is 1. The van der Waals surface area contributed by atoms with E-state index in [9.17, 15) is 28.8 Å². The van der Waals surface area contributed by atoms with Crippen LogP contribution < -0.4 is 67.0 Å². The van der Waals surface area contributed by atoms with Crippen molar-refractivity contribution in [2.24, 2.45) is 0 Å². The highest BCUT2D eigenvalue weighted by atomic mass is 79.9. The fourth-order valence-corrected chi connectivity index (χ4v) is 11.7. The van der Waals surface area contributed by atoms with Crippen LogP contribution >= 0.6 is 15.9 Å². The highest BCUT2D eigenvalue weighted by Crippen LogP contribution is 2.27. The van der Waals surface area contributed by atoms with Crippen molar-refractivity contribution in [3.05, 3.63) is 288 Å². The number of para-hydroxylation sites is 3. The van der Waals surface area contributed by atoms with Crippen molar-refractivity contribution in [1.82, 2.24) is 24.9 Å². The number of benzene rings is 8. The predicted molar refractivity (Wildman–Crippen MR) is 414 cm³/mol. The number of aromatic nitrogens is 5. The van der Waals surface area contributed by atoms with Crippen LogP contribution in [0.3, 0.4) is 0 Å². The third kappa shape index (κ3) is 13.7. The van der Waals surface area contributed by atoms with E-state index in [1.54, 1.807) is 140 Å². The second-order valence-electron chi connectivity index (χ2n) is 23.3. The van der Waals surface area contributed by atoms with E-state index >= 15 is 0 Å². The number of aryl methyl sites for hydroxylation is 1. The average Bonchev–Trinajstić information content (AvgIpc) is 0.787. The van der Waals surface area contributed by atoms with Crippen molar-refractivity contribution < 1.29 is 22.1 Å². The van der Waals surface area contributed by atoms with E-state index in [1.165, 1.54) is 12.1 Å². The molecule has 0 aliphatic carbocycles. The average molecular weight is 1450 g/mol. The van der Waals surface area contributed by atoms with E-state index in [-0.39, 0.29) is 89.1 Å². The number of nitrogens with zero attached hydrogens (tertiary/aromatic N) is 6.